The summed E-state index contributed by atoms with van der Waals surface area (Å²) >= 11 is 1.43. The lowest BCUT2D eigenvalue weighted by molar-refractivity contribution is -0.0138. The maximum absolute atomic E-state index is 13.2. The molecule has 1 heterocycles. The molecule has 0 aliphatic heterocycles. The number of hydrogen-bond donors (Lipinski definition) is 3. The number of ether oxygens (including phenoxy) is 1. The molecule has 4 bridgehead atoms. The maximum Gasteiger partial charge on any atom is 0.315 e. The molecule has 0 saturated heterocycles. The highest BCUT2D eigenvalue weighted by Gasteiger charge is 2.51. The Bertz CT molecular complexity index is 1140. The van der Waals surface area contributed by atoms with E-state index in [0.717, 1.165) is 84.6 Å². The summed E-state index contributed by atoms with van der Waals surface area (Å²) in [7, 11) is 0. The number of aryl methyl sites for hydroxylation is 2. The van der Waals surface area contributed by atoms with Crippen molar-refractivity contribution in [3.05, 3.63) is 45.4 Å². The number of nitrogens with zero attached hydrogens (tertiary/aromatic N) is 1. The summed E-state index contributed by atoms with van der Waals surface area (Å²) in [4.78, 5) is 30.8. The van der Waals surface area contributed by atoms with Crippen molar-refractivity contribution in [3.8, 4) is 5.75 Å². The molecular formula is C30H40N4O3S. The molecule has 1 aromatic heterocycles. The maximum atomic E-state index is 13.2. The van der Waals surface area contributed by atoms with Crippen molar-refractivity contribution in [3.63, 3.8) is 0 Å². The van der Waals surface area contributed by atoms with Crippen molar-refractivity contribution in [2.24, 2.45) is 17.8 Å². The Balaban J connectivity index is 1.03. The Hall–Kier alpha value is -2.61. The predicted molar refractivity (Wildman–Crippen MR) is 148 cm³/mol. The summed E-state index contributed by atoms with van der Waals surface area (Å²) in [5.74, 6) is 3.00. The van der Waals surface area contributed by atoms with Crippen LogP contribution in [-0.2, 0) is 6.61 Å². The fraction of sp³-hybridized carbons (Fsp3) is 0.633. The SMILES string of the molecule is Cc1cc(C)cc(OCc2nc(C(=O)N[C@@H]3CCCC[C@@H]3NC(=O)NC34CC5CC(CC(C5)C3)C4)cs2)c1. The molecule has 2 atom stereocenters. The fourth-order valence-electron chi connectivity index (χ4n) is 8.07. The number of carbonyl (C=O) groups is 2. The first kappa shape index (κ1) is 25.7. The summed E-state index contributed by atoms with van der Waals surface area (Å²) < 4.78 is 5.92. The lowest BCUT2D eigenvalue weighted by Crippen LogP contribution is -2.63. The van der Waals surface area contributed by atoms with Crippen LogP contribution < -0.4 is 20.7 Å². The average molecular weight is 537 g/mol. The molecule has 5 aliphatic carbocycles. The lowest BCUT2D eigenvalue weighted by atomic mass is 9.53. The molecule has 38 heavy (non-hydrogen) atoms. The molecule has 5 aliphatic rings. The fourth-order valence-corrected chi connectivity index (χ4v) is 8.76. The summed E-state index contributed by atoms with van der Waals surface area (Å²) in [5.41, 5.74) is 2.71. The minimum absolute atomic E-state index is 0.0115. The molecule has 7 nitrogen and oxygen atoms in total. The second-order valence-electron chi connectivity index (χ2n) is 12.5. The largest absolute Gasteiger partial charge is 0.486 e. The molecule has 3 amide bonds. The van der Waals surface area contributed by atoms with Gasteiger partial charge >= 0.3 is 6.03 Å². The van der Waals surface area contributed by atoms with Crippen LogP contribution in [0.4, 0.5) is 4.79 Å². The van der Waals surface area contributed by atoms with Crippen LogP contribution >= 0.6 is 11.3 Å². The van der Waals surface area contributed by atoms with E-state index in [4.69, 9.17) is 4.74 Å². The first-order valence-corrected chi connectivity index (χ1v) is 15.3. The van der Waals surface area contributed by atoms with Crippen LogP contribution in [0, 0.1) is 31.6 Å². The monoisotopic (exact) mass is 536 g/mol. The second kappa shape index (κ2) is 10.5. The first-order valence-electron chi connectivity index (χ1n) is 14.4. The van der Waals surface area contributed by atoms with E-state index < -0.39 is 0 Å². The molecule has 5 saturated carbocycles. The van der Waals surface area contributed by atoms with Crippen molar-refractivity contribution in [2.45, 2.75) is 102 Å². The zero-order chi connectivity index (χ0) is 26.3. The molecule has 1 aromatic carbocycles. The highest BCUT2D eigenvalue weighted by molar-refractivity contribution is 7.09. The van der Waals surface area contributed by atoms with Crippen LogP contribution in [0.5, 0.6) is 5.75 Å². The van der Waals surface area contributed by atoms with E-state index in [1.54, 1.807) is 5.38 Å². The molecule has 5 fully saturated rings. The van der Waals surface area contributed by atoms with Crippen LogP contribution in [0.1, 0.15) is 90.8 Å². The molecule has 0 unspecified atom stereocenters. The molecule has 204 valence electrons. The van der Waals surface area contributed by atoms with Crippen molar-refractivity contribution in [2.75, 3.05) is 0 Å². The third-order valence-corrected chi connectivity index (χ3v) is 9.98. The van der Waals surface area contributed by atoms with Gasteiger partial charge in [0.15, 0.2) is 0 Å². The van der Waals surface area contributed by atoms with Gasteiger partial charge in [-0.15, -0.1) is 11.3 Å². The van der Waals surface area contributed by atoms with E-state index in [2.05, 4.69) is 27.0 Å². The summed E-state index contributed by atoms with van der Waals surface area (Å²) in [6.45, 7) is 4.43. The molecular weight excluding hydrogens is 496 g/mol. The first-order chi connectivity index (χ1) is 18.3. The smallest absolute Gasteiger partial charge is 0.315 e. The van der Waals surface area contributed by atoms with Gasteiger partial charge in [0.2, 0.25) is 0 Å². The average Bonchev–Trinajstić information content (AvgIpc) is 3.31. The lowest BCUT2D eigenvalue weighted by Gasteiger charge is -2.56. The van der Waals surface area contributed by atoms with E-state index in [1.807, 2.05) is 26.0 Å². The number of carbonyl (C=O) groups excluding carboxylic acids is 2. The number of aromatic nitrogens is 1. The Labute approximate surface area is 229 Å². The number of thiazole rings is 1. The highest BCUT2D eigenvalue weighted by atomic mass is 32.1. The minimum atomic E-state index is -0.181. The van der Waals surface area contributed by atoms with Crippen LogP contribution in [0.15, 0.2) is 23.6 Å². The van der Waals surface area contributed by atoms with Gasteiger partial charge in [-0.2, -0.15) is 0 Å². The van der Waals surface area contributed by atoms with Crippen molar-refractivity contribution in [1.82, 2.24) is 20.9 Å². The van der Waals surface area contributed by atoms with Gasteiger partial charge < -0.3 is 20.7 Å². The molecule has 3 N–H and O–H groups in total. The molecule has 2 aromatic rings. The van der Waals surface area contributed by atoms with Gasteiger partial charge in [-0.1, -0.05) is 18.9 Å². The van der Waals surface area contributed by atoms with Crippen molar-refractivity contribution in [1.29, 1.82) is 0 Å². The molecule has 7 rings (SSSR count). The Morgan fingerprint density at radius 1 is 0.947 bits per heavy atom. The van der Waals surface area contributed by atoms with Gasteiger partial charge in [-0.05, 0) is 106 Å². The van der Waals surface area contributed by atoms with Crippen LogP contribution in [0.2, 0.25) is 0 Å². The van der Waals surface area contributed by atoms with Crippen LogP contribution in [-0.4, -0.2) is 34.5 Å². The van der Waals surface area contributed by atoms with Gasteiger partial charge in [0, 0.05) is 17.0 Å². The quantitative estimate of drug-likeness (QED) is 0.427. The third kappa shape index (κ3) is 5.70. The number of hydrogen-bond acceptors (Lipinski definition) is 5. The van der Waals surface area contributed by atoms with Gasteiger partial charge in [0.25, 0.3) is 5.91 Å². The van der Waals surface area contributed by atoms with Gasteiger partial charge in [0.05, 0.1) is 6.04 Å². The number of benzene rings is 1. The highest BCUT2D eigenvalue weighted by Crippen LogP contribution is 2.55. The zero-order valence-electron chi connectivity index (χ0n) is 22.6. The van der Waals surface area contributed by atoms with Gasteiger partial charge in [-0.25, -0.2) is 9.78 Å². The minimum Gasteiger partial charge on any atom is -0.486 e. The van der Waals surface area contributed by atoms with Crippen molar-refractivity contribution >= 4 is 23.3 Å². The van der Waals surface area contributed by atoms with Gasteiger partial charge in [-0.3, -0.25) is 4.79 Å². The van der Waals surface area contributed by atoms with E-state index in [-0.39, 0.29) is 29.6 Å². The number of urea groups is 1. The summed E-state index contributed by atoms with van der Waals surface area (Å²) in [5, 5.41) is 12.4. The van der Waals surface area contributed by atoms with Crippen LogP contribution in [0.25, 0.3) is 0 Å². The van der Waals surface area contributed by atoms with Gasteiger partial charge in [0.1, 0.15) is 23.1 Å². The summed E-state index contributed by atoms with van der Waals surface area (Å²) in [6.07, 6.45) is 11.3. The topological polar surface area (TPSA) is 92.3 Å². The number of rotatable bonds is 7. The third-order valence-electron chi connectivity index (χ3n) is 9.16. The Morgan fingerprint density at radius 2 is 1.55 bits per heavy atom. The zero-order valence-corrected chi connectivity index (χ0v) is 23.4. The Kier molecular flexibility index (Phi) is 7.10. The second-order valence-corrected chi connectivity index (χ2v) is 13.4. The van der Waals surface area contributed by atoms with E-state index in [0.29, 0.717) is 12.3 Å². The number of nitrogens with one attached hydrogen (secondary N) is 3. The molecule has 0 spiro atoms. The van der Waals surface area contributed by atoms with Crippen molar-refractivity contribution < 1.29 is 14.3 Å². The normalized spacial score (nSPS) is 31.6. The summed E-state index contributed by atoms with van der Waals surface area (Å²) in [6, 6.07) is 5.91. The van der Waals surface area contributed by atoms with Crippen LogP contribution in [0.3, 0.4) is 0 Å². The predicted octanol–water partition coefficient (Wildman–Crippen LogP) is 5.65. The number of amides is 3. The van der Waals surface area contributed by atoms with E-state index in [1.165, 1.54) is 30.6 Å². The standard InChI is InChI=1S/C30H40N4O3S/c1-18-7-19(2)9-23(8-18)37-16-27-31-26(17-38-27)28(35)32-24-5-3-4-6-25(24)33-29(36)34-30-13-20-10-21(14-30)12-22(11-20)15-30/h7-9,17,20-22,24-25H,3-6,10-16H2,1-2H3,(H,32,35)(H2,33,34,36)/t20?,21?,22?,24-,25+,30?/m1/s1. The molecule has 8 heteroatoms. The van der Waals surface area contributed by atoms with E-state index >= 15 is 0 Å². The Morgan fingerprint density at radius 3 is 2.18 bits per heavy atom. The molecule has 0 radical (unpaired) electrons. The van der Waals surface area contributed by atoms with E-state index in [9.17, 15) is 9.59 Å².